The van der Waals surface area contributed by atoms with Crippen molar-refractivity contribution in [1.29, 1.82) is 0 Å². The van der Waals surface area contributed by atoms with Gasteiger partial charge in [-0.15, -0.1) is 0 Å². The number of methoxy groups -OCH3 is 1. The minimum Gasteiger partial charge on any atom is -0.483 e. The summed E-state index contributed by atoms with van der Waals surface area (Å²) in [5.41, 5.74) is 5.28. The van der Waals surface area contributed by atoms with E-state index in [9.17, 15) is 0 Å². The van der Waals surface area contributed by atoms with Crippen LogP contribution in [-0.2, 0) is 4.74 Å². The van der Waals surface area contributed by atoms with Crippen molar-refractivity contribution in [2.45, 2.75) is 0 Å². The molecule has 0 aliphatic rings. The Morgan fingerprint density at radius 1 is 1.78 bits per heavy atom. The fraction of sp³-hybridized carbons (Fsp3) is 0.667. The number of hydrogen-bond acceptors (Lipinski definition) is 3. The molecule has 0 radical (unpaired) electrons. The molecule has 0 aliphatic heterocycles. The second-order valence-electron chi connectivity index (χ2n) is 1.81. The summed E-state index contributed by atoms with van der Waals surface area (Å²) >= 11 is 0. The Hall–Kier alpha value is -0.700. The molecule has 0 heterocycles. The van der Waals surface area contributed by atoms with E-state index in [1.54, 1.807) is 7.11 Å². The van der Waals surface area contributed by atoms with Crippen molar-refractivity contribution in [2.24, 2.45) is 5.73 Å². The maximum Gasteiger partial charge on any atom is 0.181 e. The standard InChI is InChI=1S/C6H14N2O/c1-6(9-3)8(2)5-4-7/h1,4-5,7H2,2-3H3. The zero-order valence-electron chi connectivity index (χ0n) is 6.05. The Bertz CT molecular complexity index is 93.1. The summed E-state index contributed by atoms with van der Waals surface area (Å²) in [4.78, 5) is 1.86. The lowest BCUT2D eigenvalue weighted by molar-refractivity contribution is 0.179. The molecule has 0 unspecified atom stereocenters. The van der Waals surface area contributed by atoms with Crippen molar-refractivity contribution in [2.75, 3.05) is 27.2 Å². The lowest BCUT2D eigenvalue weighted by Crippen LogP contribution is -2.25. The van der Waals surface area contributed by atoms with Gasteiger partial charge in [0.05, 0.1) is 7.11 Å². The van der Waals surface area contributed by atoms with E-state index in [1.165, 1.54) is 0 Å². The van der Waals surface area contributed by atoms with Gasteiger partial charge in [-0.3, -0.25) is 0 Å². The number of ether oxygens (including phenoxy) is 1. The van der Waals surface area contributed by atoms with Crippen molar-refractivity contribution in [3.8, 4) is 0 Å². The summed E-state index contributed by atoms with van der Waals surface area (Å²) in [5, 5.41) is 0. The van der Waals surface area contributed by atoms with E-state index in [-0.39, 0.29) is 0 Å². The molecule has 0 aromatic carbocycles. The first-order valence-electron chi connectivity index (χ1n) is 2.86. The number of rotatable bonds is 4. The van der Waals surface area contributed by atoms with Crippen LogP contribution in [-0.4, -0.2) is 32.1 Å². The molecular weight excluding hydrogens is 116 g/mol. The molecule has 0 atom stereocenters. The third kappa shape index (κ3) is 2.98. The van der Waals surface area contributed by atoms with Gasteiger partial charge in [0, 0.05) is 20.1 Å². The fourth-order valence-electron chi connectivity index (χ4n) is 0.474. The van der Waals surface area contributed by atoms with Crippen molar-refractivity contribution >= 4 is 0 Å². The maximum absolute atomic E-state index is 5.28. The normalized spacial score (nSPS) is 8.78. The van der Waals surface area contributed by atoms with E-state index in [2.05, 4.69) is 6.58 Å². The first-order valence-corrected chi connectivity index (χ1v) is 2.86. The average Bonchev–Trinajstić information content (AvgIpc) is 1.87. The molecule has 9 heavy (non-hydrogen) atoms. The SMILES string of the molecule is C=C(OC)N(C)CCN. The Kier molecular flexibility index (Phi) is 3.88. The highest BCUT2D eigenvalue weighted by atomic mass is 16.5. The molecule has 0 saturated heterocycles. The summed E-state index contributed by atoms with van der Waals surface area (Å²) in [6, 6.07) is 0. The summed E-state index contributed by atoms with van der Waals surface area (Å²) in [7, 11) is 3.48. The van der Waals surface area contributed by atoms with Crippen molar-refractivity contribution in [3.63, 3.8) is 0 Å². The summed E-state index contributed by atoms with van der Waals surface area (Å²) in [5.74, 6) is 0.653. The van der Waals surface area contributed by atoms with Gasteiger partial charge in [0.2, 0.25) is 0 Å². The minimum absolute atomic E-state index is 0.624. The van der Waals surface area contributed by atoms with Crippen LogP contribution in [0.5, 0.6) is 0 Å². The second-order valence-corrected chi connectivity index (χ2v) is 1.81. The zero-order valence-corrected chi connectivity index (χ0v) is 6.05. The van der Waals surface area contributed by atoms with Crippen LogP contribution in [0.25, 0.3) is 0 Å². The molecule has 54 valence electrons. The summed E-state index contributed by atoms with van der Waals surface area (Å²) in [6.07, 6.45) is 0. The molecule has 0 aliphatic carbocycles. The van der Waals surface area contributed by atoms with Gasteiger partial charge >= 0.3 is 0 Å². The number of hydrogen-bond donors (Lipinski definition) is 1. The van der Waals surface area contributed by atoms with Gasteiger partial charge in [0.25, 0.3) is 0 Å². The number of nitrogens with two attached hydrogens (primary N) is 1. The zero-order chi connectivity index (χ0) is 7.28. The Balaban J connectivity index is 3.45. The van der Waals surface area contributed by atoms with Crippen LogP contribution in [0.4, 0.5) is 0 Å². The quantitative estimate of drug-likeness (QED) is 0.544. The third-order valence-electron chi connectivity index (χ3n) is 1.13. The van der Waals surface area contributed by atoms with Gasteiger partial charge in [-0.25, -0.2) is 0 Å². The summed E-state index contributed by atoms with van der Waals surface area (Å²) < 4.78 is 4.84. The van der Waals surface area contributed by atoms with E-state index < -0.39 is 0 Å². The highest BCUT2D eigenvalue weighted by Gasteiger charge is 1.96. The van der Waals surface area contributed by atoms with Gasteiger partial charge in [-0.2, -0.15) is 0 Å². The van der Waals surface area contributed by atoms with E-state index >= 15 is 0 Å². The number of likely N-dealkylation sites (N-methyl/N-ethyl adjacent to an activating group) is 1. The first-order chi connectivity index (χ1) is 4.22. The lowest BCUT2D eigenvalue weighted by Gasteiger charge is -2.18. The van der Waals surface area contributed by atoms with E-state index in [4.69, 9.17) is 10.5 Å². The van der Waals surface area contributed by atoms with Gasteiger partial charge in [-0.05, 0) is 6.58 Å². The molecular formula is C6H14N2O. The first kappa shape index (κ1) is 8.30. The van der Waals surface area contributed by atoms with Crippen LogP contribution in [0.2, 0.25) is 0 Å². The lowest BCUT2D eigenvalue weighted by atomic mass is 10.6. The molecule has 0 amide bonds. The van der Waals surface area contributed by atoms with Gasteiger partial charge in [0.15, 0.2) is 5.88 Å². The van der Waals surface area contributed by atoms with Crippen molar-refractivity contribution < 1.29 is 4.74 Å². The van der Waals surface area contributed by atoms with Crippen LogP contribution >= 0.6 is 0 Å². The number of nitrogens with zero attached hydrogens (tertiary/aromatic N) is 1. The average molecular weight is 130 g/mol. The summed E-state index contributed by atoms with van der Waals surface area (Å²) in [6.45, 7) is 5.05. The van der Waals surface area contributed by atoms with Crippen LogP contribution in [0, 0.1) is 0 Å². The maximum atomic E-state index is 5.28. The van der Waals surface area contributed by atoms with Crippen LogP contribution in [0.3, 0.4) is 0 Å². The molecule has 0 spiro atoms. The Labute approximate surface area is 56.1 Å². The van der Waals surface area contributed by atoms with Crippen LogP contribution in [0.1, 0.15) is 0 Å². The van der Waals surface area contributed by atoms with Gasteiger partial charge < -0.3 is 15.4 Å². The monoisotopic (exact) mass is 130 g/mol. The van der Waals surface area contributed by atoms with Gasteiger partial charge in [0.1, 0.15) is 0 Å². The van der Waals surface area contributed by atoms with Crippen LogP contribution < -0.4 is 5.73 Å². The molecule has 0 saturated carbocycles. The highest BCUT2D eigenvalue weighted by Crippen LogP contribution is 1.95. The smallest absolute Gasteiger partial charge is 0.181 e. The second kappa shape index (κ2) is 4.21. The molecule has 0 rings (SSSR count). The van der Waals surface area contributed by atoms with E-state index in [0.29, 0.717) is 12.4 Å². The van der Waals surface area contributed by atoms with E-state index in [1.807, 2.05) is 11.9 Å². The van der Waals surface area contributed by atoms with Crippen LogP contribution in [0.15, 0.2) is 12.5 Å². The molecule has 0 aromatic heterocycles. The topological polar surface area (TPSA) is 38.5 Å². The largest absolute Gasteiger partial charge is 0.483 e. The molecule has 0 fully saturated rings. The minimum atomic E-state index is 0.624. The molecule has 3 nitrogen and oxygen atoms in total. The third-order valence-corrected chi connectivity index (χ3v) is 1.13. The molecule has 3 heteroatoms. The predicted octanol–water partition coefficient (Wildman–Crippen LogP) is -0.00550. The van der Waals surface area contributed by atoms with Crippen molar-refractivity contribution in [1.82, 2.24) is 4.90 Å². The Morgan fingerprint density at radius 3 is 2.67 bits per heavy atom. The Morgan fingerprint density at radius 2 is 2.33 bits per heavy atom. The van der Waals surface area contributed by atoms with Crippen molar-refractivity contribution in [3.05, 3.63) is 12.5 Å². The molecule has 0 bridgehead atoms. The van der Waals surface area contributed by atoms with Gasteiger partial charge in [-0.1, -0.05) is 0 Å². The molecule has 2 N–H and O–H groups in total. The highest BCUT2D eigenvalue weighted by molar-refractivity contribution is 4.79. The molecule has 0 aromatic rings. The fourth-order valence-corrected chi connectivity index (χ4v) is 0.474. The predicted molar refractivity (Wildman–Crippen MR) is 37.8 cm³/mol. The van der Waals surface area contributed by atoms with E-state index in [0.717, 1.165) is 6.54 Å².